The molecule has 100 valence electrons. The minimum atomic E-state index is -0.996. The summed E-state index contributed by atoms with van der Waals surface area (Å²) in [6.07, 6.45) is -0.219. The summed E-state index contributed by atoms with van der Waals surface area (Å²) in [5, 5.41) is 10.9. The highest BCUT2D eigenvalue weighted by Gasteiger charge is 2.11. The molecule has 0 bridgehead atoms. The number of amides is 1. The second-order valence-corrected chi connectivity index (χ2v) is 3.58. The van der Waals surface area contributed by atoms with E-state index < -0.39 is 17.5 Å². The van der Waals surface area contributed by atoms with E-state index >= 15 is 0 Å². The maximum Gasteiger partial charge on any atom is 0.224 e. The Labute approximate surface area is 104 Å². The fourth-order valence-corrected chi connectivity index (χ4v) is 1.35. The summed E-state index contributed by atoms with van der Waals surface area (Å²) < 4.78 is 31.0. The summed E-state index contributed by atoms with van der Waals surface area (Å²) in [5.41, 5.74) is 0.0174. The molecule has 0 spiro atoms. The Kier molecular flexibility index (Phi) is 6.24. The van der Waals surface area contributed by atoms with E-state index in [0.29, 0.717) is 0 Å². The van der Waals surface area contributed by atoms with Crippen LogP contribution in [0.15, 0.2) is 18.2 Å². The zero-order valence-corrected chi connectivity index (χ0v) is 9.79. The Morgan fingerprint density at radius 3 is 2.83 bits per heavy atom. The quantitative estimate of drug-likeness (QED) is 0.706. The molecule has 0 fully saturated rings. The highest BCUT2D eigenvalue weighted by Crippen LogP contribution is 2.11. The van der Waals surface area contributed by atoms with Crippen molar-refractivity contribution in [3.63, 3.8) is 0 Å². The van der Waals surface area contributed by atoms with Gasteiger partial charge in [0.2, 0.25) is 5.91 Å². The van der Waals surface area contributed by atoms with Crippen molar-refractivity contribution in [2.75, 3.05) is 26.4 Å². The first kappa shape index (κ1) is 14.5. The van der Waals surface area contributed by atoms with Gasteiger partial charge in [0.05, 0.1) is 26.2 Å². The number of benzene rings is 1. The monoisotopic (exact) mass is 259 g/mol. The zero-order valence-electron chi connectivity index (χ0n) is 9.79. The van der Waals surface area contributed by atoms with Gasteiger partial charge >= 0.3 is 0 Å². The lowest BCUT2D eigenvalue weighted by Crippen LogP contribution is -2.29. The molecule has 0 saturated heterocycles. The summed E-state index contributed by atoms with van der Waals surface area (Å²) in [4.78, 5) is 11.4. The van der Waals surface area contributed by atoms with Gasteiger partial charge in [-0.1, -0.05) is 12.1 Å². The lowest BCUT2D eigenvalue weighted by Gasteiger charge is -2.06. The molecule has 0 saturated carbocycles. The Morgan fingerprint density at radius 2 is 2.11 bits per heavy atom. The van der Waals surface area contributed by atoms with Gasteiger partial charge in [-0.2, -0.15) is 0 Å². The van der Waals surface area contributed by atoms with Crippen LogP contribution >= 0.6 is 0 Å². The average molecular weight is 259 g/mol. The van der Waals surface area contributed by atoms with Crippen LogP contribution in [0, 0.1) is 11.6 Å². The van der Waals surface area contributed by atoms with Crippen LogP contribution in [0.1, 0.15) is 5.56 Å². The number of aliphatic hydroxyl groups is 1. The zero-order chi connectivity index (χ0) is 13.4. The number of aliphatic hydroxyl groups excluding tert-OH is 1. The van der Waals surface area contributed by atoms with E-state index in [0.717, 1.165) is 6.07 Å². The Balaban J connectivity index is 2.34. The van der Waals surface area contributed by atoms with Crippen molar-refractivity contribution < 1.29 is 23.4 Å². The molecule has 18 heavy (non-hydrogen) atoms. The van der Waals surface area contributed by atoms with Crippen molar-refractivity contribution in [1.29, 1.82) is 0 Å². The van der Waals surface area contributed by atoms with Crippen molar-refractivity contribution >= 4 is 5.91 Å². The fraction of sp³-hybridized carbons (Fsp3) is 0.417. The summed E-state index contributed by atoms with van der Waals surface area (Å²) in [6, 6.07) is 3.71. The predicted molar refractivity (Wildman–Crippen MR) is 61.0 cm³/mol. The molecule has 4 nitrogen and oxygen atoms in total. The Hall–Kier alpha value is -1.53. The second kappa shape index (κ2) is 7.73. The highest BCUT2D eigenvalue weighted by atomic mass is 19.2. The number of hydrogen-bond donors (Lipinski definition) is 2. The van der Waals surface area contributed by atoms with Gasteiger partial charge in [0.1, 0.15) is 0 Å². The third-order valence-corrected chi connectivity index (χ3v) is 2.19. The summed E-state index contributed by atoms with van der Waals surface area (Å²) in [6.45, 7) is 0.643. The molecular weight excluding hydrogens is 244 g/mol. The van der Waals surface area contributed by atoms with Crippen LogP contribution in [0.4, 0.5) is 8.78 Å². The third-order valence-electron chi connectivity index (χ3n) is 2.19. The first-order valence-corrected chi connectivity index (χ1v) is 5.53. The minimum Gasteiger partial charge on any atom is -0.394 e. The lowest BCUT2D eigenvalue weighted by molar-refractivity contribution is -0.120. The van der Waals surface area contributed by atoms with E-state index in [2.05, 4.69) is 5.32 Å². The van der Waals surface area contributed by atoms with Crippen LogP contribution in [-0.4, -0.2) is 37.4 Å². The van der Waals surface area contributed by atoms with Gasteiger partial charge in [-0.15, -0.1) is 0 Å². The first-order chi connectivity index (χ1) is 8.65. The summed E-state index contributed by atoms with van der Waals surface area (Å²) in [7, 11) is 0. The molecule has 2 N–H and O–H groups in total. The molecule has 1 rings (SSSR count). The van der Waals surface area contributed by atoms with Gasteiger partial charge in [-0.05, 0) is 6.07 Å². The van der Waals surface area contributed by atoms with Crippen molar-refractivity contribution in [3.05, 3.63) is 35.4 Å². The molecule has 0 aliphatic heterocycles. The second-order valence-electron chi connectivity index (χ2n) is 3.58. The van der Waals surface area contributed by atoms with Crippen molar-refractivity contribution in [2.45, 2.75) is 6.42 Å². The number of carbonyl (C=O) groups excluding carboxylic acids is 1. The smallest absolute Gasteiger partial charge is 0.224 e. The van der Waals surface area contributed by atoms with E-state index in [-0.39, 0.29) is 38.3 Å². The van der Waals surface area contributed by atoms with Gasteiger partial charge in [0.15, 0.2) is 11.6 Å². The predicted octanol–water partition coefficient (Wildman–Crippen LogP) is 0.632. The molecule has 1 amide bonds. The number of rotatable bonds is 7. The number of nitrogens with one attached hydrogen (secondary N) is 1. The maximum absolute atomic E-state index is 13.2. The molecule has 0 radical (unpaired) electrons. The molecule has 0 aliphatic carbocycles. The summed E-state index contributed by atoms with van der Waals surface area (Å²) >= 11 is 0. The van der Waals surface area contributed by atoms with Gasteiger partial charge in [0, 0.05) is 12.1 Å². The standard InChI is InChI=1S/C12H15F2NO3/c13-10-3-1-2-9(12(10)14)8-11(17)15-4-6-18-7-5-16/h1-3,16H,4-8H2,(H,15,17). The number of carbonyl (C=O) groups is 1. The van der Waals surface area contributed by atoms with Gasteiger partial charge in [-0.25, -0.2) is 8.78 Å². The molecule has 6 heteroatoms. The number of hydrogen-bond acceptors (Lipinski definition) is 3. The molecule has 0 aliphatic rings. The van der Waals surface area contributed by atoms with Gasteiger partial charge in [0.25, 0.3) is 0 Å². The van der Waals surface area contributed by atoms with Crippen LogP contribution in [0.25, 0.3) is 0 Å². The normalized spacial score (nSPS) is 10.4. The van der Waals surface area contributed by atoms with Gasteiger partial charge in [-0.3, -0.25) is 4.79 Å². The third kappa shape index (κ3) is 4.77. The van der Waals surface area contributed by atoms with E-state index in [9.17, 15) is 13.6 Å². The van der Waals surface area contributed by atoms with Crippen LogP contribution in [0.3, 0.4) is 0 Å². The molecule has 0 aromatic heterocycles. The van der Waals surface area contributed by atoms with Crippen LogP contribution in [0.2, 0.25) is 0 Å². The minimum absolute atomic E-state index is 0.0174. The molecule has 1 aromatic carbocycles. The fourth-order valence-electron chi connectivity index (χ4n) is 1.35. The highest BCUT2D eigenvalue weighted by molar-refractivity contribution is 5.78. The topological polar surface area (TPSA) is 58.6 Å². The average Bonchev–Trinajstić information content (AvgIpc) is 2.35. The maximum atomic E-state index is 13.2. The molecular formula is C12H15F2NO3. The SMILES string of the molecule is O=C(Cc1cccc(F)c1F)NCCOCCO. The molecule has 0 atom stereocenters. The van der Waals surface area contributed by atoms with Crippen molar-refractivity contribution in [2.24, 2.45) is 0 Å². The molecule has 0 unspecified atom stereocenters. The van der Waals surface area contributed by atoms with E-state index in [4.69, 9.17) is 9.84 Å². The van der Waals surface area contributed by atoms with E-state index in [1.165, 1.54) is 12.1 Å². The van der Waals surface area contributed by atoms with Crippen LogP contribution < -0.4 is 5.32 Å². The van der Waals surface area contributed by atoms with Gasteiger partial charge < -0.3 is 15.2 Å². The van der Waals surface area contributed by atoms with Crippen LogP contribution in [0.5, 0.6) is 0 Å². The Bertz CT molecular complexity index is 399. The summed E-state index contributed by atoms with van der Waals surface area (Å²) in [5.74, 6) is -2.37. The van der Waals surface area contributed by atoms with Crippen LogP contribution in [-0.2, 0) is 16.0 Å². The van der Waals surface area contributed by atoms with E-state index in [1.807, 2.05) is 0 Å². The van der Waals surface area contributed by atoms with Crippen molar-refractivity contribution in [3.8, 4) is 0 Å². The van der Waals surface area contributed by atoms with Crippen molar-refractivity contribution in [1.82, 2.24) is 5.32 Å². The number of halogens is 2. The lowest BCUT2D eigenvalue weighted by atomic mass is 10.1. The molecule has 1 aromatic rings. The Morgan fingerprint density at radius 1 is 1.33 bits per heavy atom. The van der Waals surface area contributed by atoms with E-state index in [1.54, 1.807) is 0 Å². The largest absolute Gasteiger partial charge is 0.394 e. The number of ether oxygens (including phenoxy) is 1. The molecule has 0 heterocycles. The first-order valence-electron chi connectivity index (χ1n) is 5.53.